The normalized spacial score (nSPS) is 15.0. The Bertz CT molecular complexity index is 1230. The Morgan fingerprint density at radius 1 is 1.03 bits per heavy atom. The number of nitrogens with two attached hydrogens (primary N) is 1. The first-order valence-corrected chi connectivity index (χ1v) is 13.6. The summed E-state index contributed by atoms with van der Waals surface area (Å²) in [5.74, 6) is 2.34. The maximum Gasteiger partial charge on any atom is 0.573 e. The molecule has 0 aromatic heterocycles. The number of benzene rings is 3. The maximum absolute atomic E-state index is 12.1. The quantitative estimate of drug-likeness (QED) is 0.224. The van der Waals surface area contributed by atoms with E-state index in [1.165, 1.54) is 12.1 Å². The fraction of sp³-hybridized carbons (Fsp3) is 0.296. The van der Waals surface area contributed by atoms with Gasteiger partial charge >= 0.3 is 6.36 Å². The van der Waals surface area contributed by atoms with Gasteiger partial charge < -0.3 is 29.6 Å². The van der Waals surface area contributed by atoms with Crippen LogP contribution in [0.5, 0.6) is 23.0 Å². The molecule has 3 aromatic carbocycles. The van der Waals surface area contributed by atoms with E-state index in [4.69, 9.17) is 19.9 Å². The number of rotatable bonds is 9. The Hall–Kier alpha value is -3.22. The van der Waals surface area contributed by atoms with Gasteiger partial charge in [-0.2, -0.15) is 0 Å². The van der Waals surface area contributed by atoms with Gasteiger partial charge in [-0.05, 0) is 53.8 Å². The predicted molar refractivity (Wildman–Crippen MR) is 147 cm³/mol. The average Bonchev–Trinajstić information content (AvgIpc) is 3.19. The molecule has 0 saturated heterocycles. The number of hydrogen-bond donors (Lipinski definition) is 1. The average molecular weight is 583 g/mol. The SMILES string of the molecule is CCSc1ccc(C(C=O)Oc2ccc(OC(F)(F)F)cc2)cc1.COc1cc2c(cc1OC)N(C)C(N)S2. The van der Waals surface area contributed by atoms with Gasteiger partial charge in [0.2, 0.25) is 0 Å². The maximum atomic E-state index is 12.1. The minimum absolute atomic E-state index is 0.0307. The van der Waals surface area contributed by atoms with Crippen LogP contribution in [0.2, 0.25) is 0 Å². The lowest BCUT2D eigenvalue weighted by molar-refractivity contribution is -0.274. The monoisotopic (exact) mass is 582 g/mol. The molecular weight excluding hydrogens is 553 g/mol. The van der Waals surface area contributed by atoms with Gasteiger partial charge in [0.25, 0.3) is 0 Å². The predicted octanol–water partition coefficient (Wildman–Crippen LogP) is 6.50. The van der Waals surface area contributed by atoms with E-state index in [0.29, 0.717) is 11.8 Å². The number of carbonyl (C=O) groups excluding carboxylic acids is 1. The molecule has 1 heterocycles. The highest BCUT2D eigenvalue weighted by atomic mass is 32.2. The summed E-state index contributed by atoms with van der Waals surface area (Å²) in [6.45, 7) is 2.04. The Balaban J connectivity index is 0.000000239. The zero-order chi connectivity index (χ0) is 28.6. The molecule has 0 fully saturated rings. The number of methoxy groups -OCH3 is 2. The Morgan fingerprint density at radius 3 is 2.15 bits per heavy atom. The molecule has 4 rings (SSSR count). The van der Waals surface area contributed by atoms with Crippen molar-refractivity contribution in [1.82, 2.24) is 0 Å². The number of nitrogens with zero attached hydrogens (tertiary/aromatic N) is 1. The van der Waals surface area contributed by atoms with Crippen molar-refractivity contribution < 1.29 is 36.9 Å². The van der Waals surface area contributed by atoms with E-state index in [2.05, 4.69) is 4.74 Å². The lowest BCUT2D eigenvalue weighted by Gasteiger charge is -2.17. The Morgan fingerprint density at radius 2 is 1.62 bits per heavy atom. The standard InChI is InChI=1S/C17H15F3O3S.C10H14N2O2S/c1-2-24-15-9-3-12(4-10-15)16(11-21)22-13-5-7-14(8-6-13)23-17(18,19)20;1-12-6-4-7(13-2)8(14-3)5-9(6)15-10(12)11/h3-11,16H,2H2,1H3;4-5,10H,11H2,1-3H3. The van der Waals surface area contributed by atoms with E-state index in [1.807, 2.05) is 43.1 Å². The van der Waals surface area contributed by atoms with Crippen LogP contribution in [0.3, 0.4) is 0 Å². The Kier molecular flexibility index (Phi) is 10.7. The molecular formula is C27H29F3N2O5S2. The van der Waals surface area contributed by atoms with Crippen LogP contribution in [0.4, 0.5) is 18.9 Å². The number of aldehydes is 1. The minimum Gasteiger partial charge on any atom is -0.493 e. The highest BCUT2D eigenvalue weighted by Crippen LogP contribution is 2.46. The zero-order valence-electron chi connectivity index (χ0n) is 21.7. The third kappa shape index (κ3) is 8.38. The molecule has 0 amide bonds. The van der Waals surface area contributed by atoms with E-state index in [1.54, 1.807) is 49.9 Å². The number of thioether (sulfide) groups is 2. The van der Waals surface area contributed by atoms with Crippen molar-refractivity contribution in [3.05, 3.63) is 66.2 Å². The molecule has 39 heavy (non-hydrogen) atoms. The lowest BCUT2D eigenvalue weighted by atomic mass is 10.1. The van der Waals surface area contributed by atoms with Crippen molar-refractivity contribution in [2.24, 2.45) is 5.73 Å². The topological polar surface area (TPSA) is 83.3 Å². The van der Waals surface area contributed by atoms with Crippen molar-refractivity contribution in [2.45, 2.75) is 34.7 Å². The molecule has 210 valence electrons. The number of ether oxygens (including phenoxy) is 4. The molecule has 3 aromatic rings. The summed E-state index contributed by atoms with van der Waals surface area (Å²) in [5.41, 5.74) is 7.64. The number of alkyl halides is 3. The van der Waals surface area contributed by atoms with Crippen LogP contribution in [-0.4, -0.2) is 45.2 Å². The molecule has 2 unspecified atom stereocenters. The first kappa shape index (κ1) is 30.3. The molecule has 12 heteroatoms. The van der Waals surface area contributed by atoms with Gasteiger partial charge in [-0.25, -0.2) is 0 Å². The highest BCUT2D eigenvalue weighted by molar-refractivity contribution is 8.00. The van der Waals surface area contributed by atoms with E-state index in [-0.39, 0.29) is 17.0 Å². The zero-order valence-corrected chi connectivity index (χ0v) is 23.4. The smallest absolute Gasteiger partial charge is 0.493 e. The summed E-state index contributed by atoms with van der Waals surface area (Å²) in [4.78, 5) is 15.5. The van der Waals surface area contributed by atoms with Crippen LogP contribution >= 0.6 is 23.5 Å². The summed E-state index contributed by atoms with van der Waals surface area (Å²) >= 11 is 3.29. The van der Waals surface area contributed by atoms with Crippen LogP contribution in [0.25, 0.3) is 0 Å². The molecule has 0 bridgehead atoms. The van der Waals surface area contributed by atoms with E-state index >= 15 is 0 Å². The first-order chi connectivity index (χ1) is 18.6. The molecule has 0 spiro atoms. The van der Waals surface area contributed by atoms with Crippen LogP contribution < -0.4 is 29.6 Å². The van der Waals surface area contributed by atoms with Crippen LogP contribution in [0.15, 0.2) is 70.5 Å². The molecule has 0 radical (unpaired) electrons. The van der Waals surface area contributed by atoms with Crippen LogP contribution in [0, 0.1) is 0 Å². The second-order valence-corrected chi connectivity index (χ2v) is 10.5. The summed E-state index contributed by atoms with van der Waals surface area (Å²) in [6, 6.07) is 16.2. The molecule has 2 N–H and O–H groups in total. The third-order valence-electron chi connectivity index (χ3n) is 5.44. The molecule has 1 aliphatic rings. The molecule has 0 aliphatic carbocycles. The number of hydrogen-bond acceptors (Lipinski definition) is 9. The van der Waals surface area contributed by atoms with E-state index < -0.39 is 12.5 Å². The molecule has 0 saturated carbocycles. The van der Waals surface area contributed by atoms with Gasteiger partial charge in [0, 0.05) is 22.9 Å². The van der Waals surface area contributed by atoms with Gasteiger partial charge in [0.1, 0.15) is 17.0 Å². The fourth-order valence-corrected chi connectivity index (χ4v) is 5.22. The Labute approximate surface area is 233 Å². The minimum atomic E-state index is -4.74. The van der Waals surface area contributed by atoms with Gasteiger partial charge in [-0.3, -0.25) is 4.79 Å². The van der Waals surface area contributed by atoms with Crippen molar-refractivity contribution in [3.63, 3.8) is 0 Å². The molecule has 2 atom stereocenters. The summed E-state index contributed by atoms with van der Waals surface area (Å²) in [7, 11) is 5.23. The van der Waals surface area contributed by atoms with Crippen LogP contribution in [-0.2, 0) is 4.79 Å². The fourth-order valence-electron chi connectivity index (χ4n) is 3.53. The number of fused-ring (bicyclic) bond motifs is 1. The van der Waals surface area contributed by atoms with Crippen LogP contribution in [0.1, 0.15) is 18.6 Å². The number of carbonyl (C=O) groups is 1. The lowest BCUT2D eigenvalue weighted by Crippen LogP contribution is -2.32. The van der Waals surface area contributed by atoms with Crippen molar-refractivity contribution in [1.29, 1.82) is 0 Å². The molecule has 1 aliphatic heterocycles. The number of anilines is 1. The van der Waals surface area contributed by atoms with Crippen molar-refractivity contribution in [2.75, 3.05) is 31.9 Å². The largest absolute Gasteiger partial charge is 0.573 e. The van der Waals surface area contributed by atoms with E-state index in [0.717, 1.165) is 44.9 Å². The second-order valence-electron chi connectivity index (χ2n) is 7.99. The van der Waals surface area contributed by atoms with Gasteiger partial charge in [-0.15, -0.1) is 24.9 Å². The van der Waals surface area contributed by atoms with Gasteiger partial charge in [0.05, 0.1) is 19.9 Å². The molecule has 7 nitrogen and oxygen atoms in total. The number of halogens is 3. The summed E-state index contributed by atoms with van der Waals surface area (Å²) < 4.78 is 56.1. The second kappa shape index (κ2) is 13.7. The summed E-state index contributed by atoms with van der Waals surface area (Å²) in [6.07, 6.45) is -4.94. The first-order valence-electron chi connectivity index (χ1n) is 11.7. The van der Waals surface area contributed by atoms with Gasteiger partial charge in [-0.1, -0.05) is 30.8 Å². The van der Waals surface area contributed by atoms with Gasteiger partial charge in [0.15, 0.2) is 23.9 Å². The third-order valence-corrected chi connectivity index (χ3v) is 7.47. The van der Waals surface area contributed by atoms with Crippen molar-refractivity contribution in [3.8, 4) is 23.0 Å². The van der Waals surface area contributed by atoms with E-state index in [9.17, 15) is 18.0 Å². The van der Waals surface area contributed by atoms with Crippen molar-refractivity contribution >= 4 is 35.5 Å². The summed E-state index contributed by atoms with van der Waals surface area (Å²) in [5, 5.41) is 0. The highest BCUT2D eigenvalue weighted by Gasteiger charge is 2.31.